The lowest BCUT2D eigenvalue weighted by Crippen LogP contribution is -2.29. The number of methoxy groups -OCH3 is 2. The molecule has 0 aliphatic heterocycles. The van der Waals surface area contributed by atoms with E-state index in [-0.39, 0.29) is 5.56 Å². The molecule has 0 heterocycles. The van der Waals surface area contributed by atoms with Gasteiger partial charge in [0.2, 0.25) is 5.67 Å². The van der Waals surface area contributed by atoms with Gasteiger partial charge in [0.15, 0.2) is 0 Å². The number of carbonyl (C=O) groups is 1. The van der Waals surface area contributed by atoms with E-state index < -0.39 is 11.6 Å². The number of benzene rings is 1. The van der Waals surface area contributed by atoms with Crippen LogP contribution in [0.25, 0.3) is 0 Å². The third-order valence-electron chi connectivity index (χ3n) is 2.24. The van der Waals surface area contributed by atoms with E-state index in [4.69, 9.17) is 4.74 Å². The minimum absolute atomic E-state index is 0.135. The van der Waals surface area contributed by atoms with Crippen LogP contribution >= 0.6 is 15.9 Å². The van der Waals surface area contributed by atoms with E-state index in [1.807, 2.05) is 0 Å². The van der Waals surface area contributed by atoms with Crippen molar-refractivity contribution >= 4 is 21.9 Å². The minimum atomic E-state index is -2.23. The number of halogens is 2. The van der Waals surface area contributed by atoms with E-state index in [0.29, 0.717) is 10.2 Å². The van der Waals surface area contributed by atoms with Gasteiger partial charge in [-0.1, -0.05) is 15.9 Å². The summed E-state index contributed by atoms with van der Waals surface area (Å²) in [5.41, 5.74) is -2.10. The van der Waals surface area contributed by atoms with Crippen LogP contribution in [0.3, 0.4) is 0 Å². The van der Waals surface area contributed by atoms with E-state index in [2.05, 4.69) is 20.7 Å². The fraction of sp³-hybridized carbons (Fsp3) is 0.364. The highest BCUT2D eigenvalue weighted by atomic mass is 79.9. The van der Waals surface area contributed by atoms with Gasteiger partial charge in [0.25, 0.3) is 0 Å². The third kappa shape index (κ3) is 2.35. The van der Waals surface area contributed by atoms with E-state index in [0.717, 1.165) is 14.0 Å². The highest BCUT2D eigenvalue weighted by Gasteiger charge is 2.39. The predicted octanol–water partition coefficient (Wildman–Crippen LogP) is 2.82. The van der Waals surface area contributed by atoms with Crippen molar-refractivity contribution in [1.82, 2.24) is 0 Å². The molecule has 1 aromatic rings. The Kier molecular flexibility index (Phi) is 3.91. The van der Waals surface area contributed by atoms with Gasteiger partial charge in [-0.2, -0.15) is 0 Å². The quantitative estimate of drug-likeness (QED) is 0.803. The maximum absolute atomic E-state index is 14.3. The van der Waals surface area contributed by atoms with Crippen molar-refractivity contribution in [1.29, 1.82) is 0 Å². The molecule has 88 valence electrons. The first-order valence-electron chi connectivity index (χ1n) is 4.54. The topological polar surface area (TPSA) is 35.5 Å². The second-order valence-electron chi connectivity index (χ2n) is 3.34. The molecule has 0 saturated heterocycles. The van der Waals surface area contributed by atoms with Crippen LogP contribution in [0.1, 0.15) is 12.5 Å². The summed E-state index contributed by atoms with van der Waals surface area (Å²) in [5.74, 6) is -0.650. The molecule has 1 rings (SSSR count). The highest BCUT2D eigenvalue weighted by Crippen LogP contribution is 2.36. The molecule has 1 atom stereocenters. The molecular formula is C11H12BrFO3. The van der Waals surface area contributed by atoms with Gasteiger partial charge in [-0.15, -0.1) is 0 Å². The molecule has 1 aromatic carbocycles. The van der Waals surface area contributed by atoms with Crippen LogP contribution in [0, 0.1) is 0 Å². The first-order chi connectivity index (χ1) is 7.43. The van der Waals surface area contributed by atoms with E-state index in [9.17, 15) is 9.18 Å². The first-order valence-corrected chi connectivity index (χ1v) is 5.34. The van der Waals surface area contributed by atoms with Crippen LogP contribution in [-0.4, -0.2) is 20.2 Å². The molecule has 0 aromatic heterocycles. The average Bonchev–Trinajstić information content (AvgIpc) is 2.27. The summed E-state index contributed by atoms with van der Waals surface area (Å²) in [7, 11) is 2.56. The predicted molar refractivity (Wildman–Crippen MR) is 61.2 cm³/mol. The molecule has 3 nitrogen and oxygen atoms in total. The van der Waals surface area contributed by atoms with Crippen molar-refractivity contribution < 1.29 is 18.7 Å². The normalized spacial score (nSPS) is 14.1. The van der Waals surface area contributed by atoms with Gasteiger partial charge in [-0.05, 0) is 25.1 Å². The fourth-order valence-electron chi connectivity index (χ4n) is 1.35. The minimum Gasteiger partial charge on any atom is -0.496 e. The van der Waals surface area contributed by atoms with Crippen molar-refractivity contribution in [2.24, 2.45) is 0 Å². The molecule has 0 radical (unpaired) electrons. The maximum Gasteiger partial charge on any atom is 0.348 e. The second-order valence-corrected chi connectivity index (χ2v) is 4.25. The molecule has 16 heavy (non-hydrogen) atoms. The van der Waals surface area contributed by atoms with Gasteiger partial charge in [-0.25, -0.2) is 9.18 Å². The molecule has 0 bridgehead atoms. The zero-order chi connectivity index (χ0) is 12.3. The number of hydrogen-bond acceptors (Lipinski definition) is 3. The Morgan fingerprint density at radius 1 is 1.44 bits per heavy atom. The summed E-state index contributed by atoms with van der Waals surface area (Å²) in [5, 5.41) is 0. The van der Waals surface area contributed by atoms with Crippen LogP contribution < -0.4 is 4.74 Å². The lowest BCUT2D eigenvalue weighted by atomic mass is 9.97. The van der Waals surface area contributed by atoms with Gasteiger partial charge >= 0.3 is 5.97 Å². The number of carbonyl (C=O) groups excluding carboxylic acids is 1. The molecule has 5 heteroatoms. The number of ether oxygens (including phenoxy) is 2. The van der Waals surface area contributed by atoms with Crippen molar-refractivity contribution in [3.8, 4) is 5.75 Å². The SMILES string of the molecule is COC(=O)C(C)(F)c1cc(Br)ccc1OC. The van der Waals surface area contributed by atoms with Gasteiger partial charge in [0, 0.05) is 10.0 Å². The number of alkyl halides is 1. The van der Waals surface area contributed by atoms with Crippen molar-refractivity contribution in [2.45, 2.75) is 12.6 Å². The number of rotatable bonds is 3. The van der Waals surface area contributed by atoms with Crippen molar-refractivity contribution in [2.75, 3.05) is 14.2 Å². The Labute approximate surface area is 102 Å². The highest BCUT2D eigenvalue weighted by molar-refractivity contribution is 9.10. The molecule has 0 aliphatic rings. The smallest absolute Gasteiger partial charge is 0.348 e. The molecular weight excluding hydrogens is 279 g/mol. The summed E-state index contributed by atoms with van der Waals surface area (Å²) in [4.78, 5) is 11.3. The van der Waals surface area contributed by atoms with Crippen molar-refractivity contribution in [3.05, 3.63) is 28.2 Å². The summed E-state index contributed by atoms with van der Waals surface area (Å²) in [6.45, 7) is 1.14. The molecule has 0 amide bonds. The van der Waals surface area contributed by atoms with Crippen molar-refractivity contribution in [3.63, 3.8) is 0 Å². The number of esters is 1. The van der Waals surface area contributed by atoms with Gasteiger partial charge in [-0.3, -0.25) is 0 Å². The summed E-state index contributed by atoms with van der Waals surface area (Å²) in [6.07, 6.45) is 0. The molecule has 0 aliphatic carbocycles. The number of hydrogen-bond donors (Lipinski definition) is 0. The Morgan fingerprint density at radius 3 is 2.56 bits per heavy atom. The monoisotopic (exact) mass is 290 g/mol. The van der Waals surface area contributed by atoms with Gasteiger partial charge in [0.05, 0.1) is 14.2 Å². The zero-order valence-electron chi connectivity index (χ0n) is 9.21. The Hall–Kier alpha value is -1.10. The summed E-state index contributed by atoms with van der Waals surface area (Å²) in [6, 6.07) is 4.78. The fourth-order valence-corrected chi connectivity index (χ4v) is 1.71. The van der Waals surface area contributed by atoms with Gasteiger partial charge < -0.3 is 9.47 Å². The largest absolute Gasteiger partial charge is 0.496 e. The average molecular weight is 291 g/mol. The van der Waals surface area contributed by atoms with Gasteiger partial charge in [0.1, 0.15) is 5.75 Å². The Bertz CT molecular complexity index is 404. The van der Waals surface area contributed by atoms with Crippen LogP contribution in [0.15, 0.2) is 22.7 Å². The van der Waals surface area contributed by atoms with Crippen LogP contribution in [0.4, 0.5) is 4.39 Å². The summed E-state index contributed by atoms with van der Waals surface area (Å²) < 4.78 is 24.4. The molecule has 0 saturated carbocycles. The molecule has 0 N–H and O–H groups in total. The Morgan fingerprint density at radius 2 is 2.06 bits per heavy atom. The summed E-state index contributed by atoms with van der Waals surface area (Å²) >= 11 is 3.21. The Balaban J connectivity index is 3.30. The molecule has 1 unspecified atom stereocenters. The van der Waals surface area contributed by atoms with E-state index >= 15 is 0 Å². The van der Waals surface area contributed by atoms with E-state index in [1.54, 1.807) is 12.1 Å². The van der Waals surface area contributed by atoms with Crippen LogP contribution in [-0.2, 0) is 15.2 Å². The zero-order valence-corrected chi connectivity index (χ0v) is 10.8. The standard InChI is InChI=1S/C11H12BrFO3/c1-11(13,10(14)16-3)8-6-7(12)4-5-9(8)15-2/h4-6H,1-3H3. The van der Waals surface area contributed by atoms with E-state index in [1.165, 1.54) is 13.2 Å². The van der Waals surface area contributed by atoms with Crippen LogP contribution in [0.5, 0.6) is 5.75 Å². The lowest BCUT2D eigenvalue weighted by Gasteiger charge is -2.20. The molecule has 0 spiro atoms. The van der Waals surface area contributed by atoms with Crippen LogP contribution in [0.2, 0.25) is 0 Å². The third-order valence-corrected chi connectivity index (χ3v) is 2.73. The maximum atomic E-state index is 14.3. The second kappa shape index (κ2) is 4.82. The lowest BCUT2D eigenvalue weighted by molar-refractivity contribution is -0.154. The molecule has 0 fully saturated rings. The first kappa shape index (κ1) is 13.0.